The van der Waals surface area contributed by atoms with E-state index in [1.165, 1.54) is 18.3 Å². The number of nitrogens with one attached hydrogen (secondary N) is 1. The minimum atomic E-state index is -0.509. The van der Waals surface area contributed by atoms with Crippen molar-refractivity contribution in [2.24, 2.45) is 0 Å². The van der Waals surface area contributed by atoms with E-state index in [-0.39, 0.29) is 30.4 Å². The zero-order valence-electron chi connectivity index (χ0n) is 10.0. The molecular weight excluding hydrogens is 238 g/mol. The Morgan fingerprint density at radius 1 is 1.67 bits per heavy atom. The third kappa shape index (κ3) is 3.14. The maximum atomic E-state index is 10.8. The van der Waals surface area contributed by atoms with Crippen LogP contribution in [0.5, 0.6) is 5.88 Å². The first-order valence-corrected chi connectivity index (χ1v) is 5.75. The number of nitrogens with zero attached hydrogens (tertiary/aromatic N) is 2. The molecule has 7 nitrogen and oxygen atoms in total. The molecule has 1 fully saturated rings. The van der Waals surface area contributed by atoms with Crippen LogP contribution in [-0.4, -0.2) is 41.8 Å². The van der Waals surface area contributed by atoms with Gasteiger partial charge in [0.15, 0.2) is 0 Å². The molecule has 98 valence electrons. The zero-order chi connectivity index (χ0) is 13.0. The largest absolute Gasteiger partial charge is 0.470 e. The molecule has 1 aliphatic rings. The van der Waals surface area contributed by atoms with E-state index in [4.69, 9.17) is 9.47 Å². The molecule has 2 rings (SSSR count). The Morgan fingerprint density at radius 2 is 2.50 bits per heavy atom. The Labute approximate surface area is 104 Å². The molecule has 0 aromatic carbocycles. The molecule has 0 aliphatic carbocycles. The molecule has 0 spiro atoms. The summed E-state index contributed by atoms with van der Waals surface area (Å²) in [5, 5.41) is 14.0. The maximum Gasteiger partial charge on any atom is 0.330 e. The fourth-order valence-electron chi connectivity index (χ4n) is 1.77. The normalized spacial score (nSPS) is 23.6. The van der Waals surface area contributed by atoms with Crippen LogP contribution in [0.15, 0.2) is 18.3 Å². The summed E-state index contributed by atoms with van der Waals surface area (Å²) in [5.41, 5.74) is -0.130. The van der Waals surface area contributed by atoms with E-state index >= 15 is 0 Å². The predicted octanol–water partition coefficient (Wildman–Crippen LogP) is 0.745. The molecule has 1 N–H and O–H groups in total. The van der Waals surface area contributed by atoms with Crippen molar-refractivity contribution < 1.29 is 14.4 Å². The number of pyridine rings is 1. The second kappa shape index (κ2) is 5.74. The van der Waals surface area contributed by atoms with Crippen LogP contribution in [0, 0.1) is 10.1 Å². The monoisotopic (exact) mass is 253 g/mol. The number of hydrogen-bond donors (Lipinski definition) is 1. The summed E-state index contributed by atoms with van der Waals surface area (Å²) < 4.78 is 11.0. The highest BCUT2D eigenvalue weighted by atomic mass is 16.6. The van der Waals surface area contributed by atoms with Gasteiger partial charge in [0.25, 0.3) is 5.88 Å². The van der Waals surface area contributed by atoms with Gasteiger partial charge in [-0.3, -0.25) is 10.1 Å². The van der Waals surface area contributed by atoms with Gasteiger partial charge in [0, 0.05) is 25.4 Å². The van der Waals surface area contributed by atoms with Gasteiger partial charge in [0.05, 0.1) is 11.0 Å². The van der Waals surface area contributed by atoms with E-state index < -0.39 is 4.92 Å². The van der Waals surface area contributed by atoms with Crippen LogP contribution in [0.25, 0.3) is 0 Å². The molecule has 2 heterocycles. The standard InChI is InChI=1S/C11H15N3O4/c1-8-5-12-6-9(18-8)7-17-11-10(14(15)16)3-2-4-13-11/h2-4,8-9,12H,5-7H2,1H3. The highest BCUT2D eigenvalue weighted by Gasteiger charge is 2.22. The molecule has 1 aromatic heterocycles. The fraction of sp³-hybridized carbons (Fsp3) is 0.545. The summed E-state index contributed by atoms with van der Waals surface area (Å²) in [4.78, 5) is 14.1. The molecule has 1 saturated heterocycles. The van der Waals surface area contributed by atoms with Crippen molar-refractivity contribution in [1.29, 1.82) is 0 Å². The van der Waals surface area contributed by atoms with Gasteiger partial charge in [-0.15, -0.1) is 0 Å². The Balaban J connectivity index is 1.95. The lowest BCUT2D eigenvalue weighted by Crippen LogP contribution is -2.45. The number of aromatic nitrogens is 1. The second-order valence-electron chi connectivity index (χ2n) is 4.12. The van der Waals surface area contributed by atoms with Gasteiger partial charge in [0.2, 0.25) is 0 Å². The van der Waals surface area contributed by atoms with Gasteiger partial charge >= 0.3 is 5.69 Å². The summed E-state index contributed by atoms with van der Waals surface area (Å²) in [6.07, 6.45) is 1.46. The van der Waals surface area contributed by atoms with Gasteiger partial charge < -0.3 is 14.8 Å². The third-order valence-corrected chi connectivity index (χ3v) is 2.58. The lowest BCUT2D eigenvalue weighted by Gasteiger charge is -2.28. The van der Waals surface area contributed by atoms with Gasteiger partial charge in [-0.25, -0.2) is 4.98 Å². The minimum Gasteiger partial charge on any atom is -0.470 e. The van der Waals surface area contributed by atoms with E-state index in [1.54, 1.807) is 0 Å². The molecule has 7 heteroatoms. The Kier molecular flexibility index (Phi) is 4.06. The summed E-state index contributed by atoms with van der Waals surface area (Å²) in [7, 11) is 0. The number of rotatable bonds is 4. The highest BCUT2D eigenvalue weighted by molar-refractivity contribution is 5.39. The van der Waals surface area contributed by atoms with Crippen molar-refractivity contribution in [2.75, 3.05) is 19.7 Å². The summed E-state index contributed by atoms with van der Waals surface area (Å²) in [5.74, 6) is 0.0318. The number of hydrogen-bond acceptors (Lipinski definition) is 6. The van der Waals surface area contributed by atoms with Gasteiger partial charge in [-0.2, -0.15) is 0 Å². The van der Waals surface area contributed by atoms with Crippen LogP contribution in [0.1, 0.15) is 6.92 Å². The molecule has 2 atom stereocenters. The molecule has 1 aromatic rings. The summed E-state index contributed by atoms with van der Waals surface area (Å²) in [6, 6.07) is 2.87. The van der Waals surface area contributed by atoms with Crippen molar-refractivity contribution in [1.82, 2.24) is 10.3 Å². The van der Waals surface area contributed by atoms with Gasteiger partial charge in [-0.1, -0.05) is 0 Å². The molecule has 0 amide bonds. The number of ether oxygens (including phenoxy) is 2. The topological polar surface area (TPSA) is 86.5 Å². The average molecular weight is 253 g/mol. The molecule has 1 aliphatic heterocycles. The van der Waals surface area contributed by atoms with Crippen LogP contribution in [0.2, 0.25) is 0 Å². The molecular formula is C11H15N3O4. The van der Waals surface area contributed by atoms with Crippen molar-refractivity contribution in [2.45, 2.75) is 19.1 Å². The lowest BCUT2D eigenvalue weighted by molar-refractivity contribution is -0.386. The van der Waals surface area contributed by atoms with E-state index in [9.17, 15) is 10.1 Å². The Morgan fingerprint density at radius 3 is 3.22 bits per heavy atom. The van der Waals surface area contributed by atoms with Crippen molar-refractivity contribution in [3.8, 4) is 5.88 Å². The number of morpholine rings is 1. The molecule has 0 saturated carbocycles. The van der Waals surface area contributed by atoms with Crippen LogP contribution in [-0.2, 0) is 4.74 Å². The molecule has 0 radical (unpaired) electrons. The average Bonchev–Trinajstić information content (AvgIpc) is 2.37. The summed E-state index contributed by atoms with van der Waals surface area (Å²) >= 11 is 0. The smallest absolute Gasteiger partial charge is 0.330 e. The SMILES string of the molecule is CC1CNCC(COc2ncccc2[N+](=O)[O-])O1. The first-order chi connectivity index (χ1) is 8.66. The maximum absolute atomic E-state index is 10.8. The van der Waals surface area contributed by atoms with Crippen molar-refractivity contribution in [3.05, 3.63) is 28.4 Å². The molecule has 18 heavy (non-hydrogen) atoms. The van der Waals surface area contributed by atoms with Crippen LogP contribution >= 0.6 is 0 Å². The minimum absolute atomic E-state index is 0.0318. The fourth-order valence-corrected chi connectivity index (χ4v) is 1.77. The van der Waals surface area contributed by atoms with Gasteiger partial charge in [0.1, 0.15) is 12.7 Å². The van der Waals surface area contributed by atoms with Crippen molar-refractivity contribution >= 4 is 5.69 Å². The predicted molar refractivity (Wildman–Crippen MR) is 63.6 cm³/mol. The van der Waals surface area contributed by atoms with Crippen LogP contribution < -0.4 is 10.1 Å². The number of nitro groups is 1. The quantitative estimate of drug-likeness (QED) is 0.629. The van der Waals surface area contributed by atoms with E-state index in [0.29, 0.717) is 6.54 Å². The highest BCUT2D eigenvalue weighted by Crippen LogP contribution is 2.23. The first kappa shape index (κ1) is 12.7. The lowest BCUT2D eigenvalue weighted by atomic mass is 10.2. The van der Waals surface area contributed by atoms with E-state index in [0.717, 1.165) is 6.54 Å². The molecule has 0 bridgehead atoms. The zero-order valence-corrected chi connectivity index (χ0v) is 10.0. The second-order valence-corrected chi connectivity index (χ2v) is 4.12. The van der Waals surface area contributed by atoms with E-state index in [2.05, 4.69) is 10.3 Å². The Hall–Kier alpha value is -1.73. The Bertz CT molecular complexity index is 427. The third-order valence-electron chi connectivity index (χ3n) is 2.58. The van der Waals surface area contributed by atoms with Crippen LogP contribution in [0.3, 0.4) is 0 Å². The first-order valence-electron chi connectivity index (χ1n) is 5.75. The van der Waals surface area contributed by atoms with Gasteiger partial charge in [-0.05, 0) is 13.0 Å². The van der Waals surface area contributed by atoms with Crippen molar-refractivity contribution in [3.63, 3.8) is 0 Å². The van der Waals surface area contributed by atoms with Crippen LogP contribution in [0.4, 0.5) is 5.69 Å². The molecule has 2 unspecified atom stereocenters. The van der Waals surface area contributed by atoms with E-state index in [1.807, 2.05) is 6.92 Å². The summed E-state index contributed by atoms with van der Waals surface area (Å²) in [6.45, 7) is 3.68.